The van der Waals surface area contributed by atoms with Gasteiger partial charge < -0.3 is 9.64 Å². The molecule has 0 bridgehead atoms. The Balaban J connectivity index is 2.51. The Hall–Kier alpha value is -0.710. The van der Waals surface area contributed by atoms with Crippen LogP contribution in [-0.2, 0) is 14.3 Å². The van der Waals surface area contributed by atoms with Crippen LogP contribution in [0.5, 0.6) is 0 Å². The monoisotopic (exact) mass is 259 g/mol. The Bertz CT molecular complexity index is 264. The van der Waals surface area contributed by atoms with E-state index in [1.165, 1.54) is 0 Å². The molecular weight excluding hydrogens is 238 g/mol. The Kier molecular flexibility index (Phi) is 6.40. The lowest BCUT2D eigenvalue weighted by Gasteiger charge is -2.23. The zero-order chi connectivity index (χ0) is 12.7. The maximum Gasteiger partial charge on any atom is 0.325 e. The summed E-state index contributed by atoms with van der Waals surface area (Å²) in [5.74, 6) is 0.843. The molecule has 1 aliphatic rings. The summed E-state index contributed by atoms with van der Waals surface area (Å²) in [7, 11) is 0. The van der Waals surface area contributed by atoms with Gasteiger partial charge in [0.1, 0.15) is 6.54 Å². The van der Waals surface area contributed by atoms with Crippen molar-refractivity contribution in [3.8, 4) is 0 Å². The van der Waals surface area contributed by atoms with Crippen LogP contribution in [0.2, 0.25) is 0 Å². The first-order chi connectivity index (χ1) is 8.19. The SMILES string of the molecule is CCCN(CC(=O)OCC)C(=O)C1CCCS1. The molecule has 0 aromatic carbocycles. The zero-order valence-corrected chi connectivity index (χ0v) is 11.4. The molecule has 0 aromatic rings. The Labute approximate surface area is 107 Å². The molecule has 0 radical (unpaired) electrons. The van der Waals surface area contributed by atoms with Crippen molar-refractivity contribution in [2.45, 2.75) is 38.4 Å². The first-order valence-corrected chi connectivity index (χ1v) is 7.29. The lowest BCUT2D eigenvalue weighted by atomic mass is 10.2. The van der Waals surface area contributed by atoms with Crippen molar-refractivity contribution in [2.75, 3.05) is 25.4 Å². The molecule has 0 N–H and O–H groups in total. The van der Waals surface area contributed by atoms with Crippen LogP contribution in [0.1, 0.15) is 33.1 Å². The Morgan fingerprint density at radius 1 is 1.41 bits per heavy atom. The number of rotatable bonds is 6. The van der Waals surface area contributed by atoms with E-state index in [1.54, 1.807) is 23.6 Å². The van der Waals surface area contributed by atoms with Gasteiger partial charge in [0.2, 0.25) is 5.91 Å². The molecule has 1 heterocycles. The van der Waals surface area contributed by atoms with Crippen LogP contribution in [0.4, 0.5) is 0 Å². The van der Waals surface area contributed by atoms with Gasteiger partial charge in [-0.2, -0.15) is 0 Å². The molecule has 0 spiro atoms. The highest BCUT2D eigenvalue weighted by atomic mass is 32.2. The summed E-state index contributed by atoms with van der Waals surface area (Å²) >= 11 is 1.70. The van der Waals surface area contributed by atoms with Crippen molar-refractivity contribution in [3.63, 3.8) is 0 Å². The minimum absolute atomic E-state index is 0.0518. The van der Waals surface area contributed by atoms with Gasteiger partial charge in [-0.15, -0.1) is 11.8 Å². The quantitative estimate of drug-likeness (QED) is 0.681. The summed E-state index contributed by atoms with van der Waals surface area (Å²) in [5, 5.41) is 0.0518. The zero-order valence-electron chi connectivity index (χ0n) is 10.6. The molecule has 5 heteroatoms. The highest BCUT2D eigenvalue weighted by Gasteiger charge is 2.28. The van der Waals surface area contributed by atoms with E-state index in [-0.39, 0.29) is 23.7 Å². The van der Waals surface area contributed by atoms with Gasteiger partial charge in [-0.3, -0.25) is 9.59 Å². The standard InChI is InChI=1S/C12H21NO3S/c1-3-7-13(9-11(14)16-4-2)12(15)10-6-5-8-17-10/h10H,3-9H2,1-2H3. The van der Waals surface area contributed by atoms with Crippen LogP contribution in [0.3, 0.4) is 0 Å². The highest BCUT2D eigenvalue weighted by molar-refractivity contribution is 8.00. The van der Waals surface area contributed by atoms with Crippen LogP contribution < -0.4 is 0 Å². The van der Waals surface area contributed by atoms with E-state index in [2.05, 4.69) is 0 Å². The lowest BCUT2D eigenvalue weighted by molar-refractivity contribution is -0.148. The van der Waals surface area contributed by atoms with Crippen LogP contribution in [0.25, 0.3) is 0 Å². The number of carbonyl (C=O) groups excluding carboxylic acids is 2. The predicted octanol–water partition coefficient (Wildman–Crippen LogP) is 1.68. The molecule has 0 aliphatic carbocycles. The molecule has 0 aromatic heterocycles. The van der Waals surface area contributed by atoms with E-state index in [0.29, 0.717) is 13.2 Å². The molecule has 1 amide bonds. The van der Waals surface area contributed by atoms with Crippen molar-refractivity contribution >= 4 is 23.6 Å². The van der Waals surface area contributed by atoms with E-state index in [1.807, 2.05) is 6.92 Å². The normalized spacial score (nSPS) is 19.1. The highest BCUT2D eigenvalue weighted by Crippen LogP contribution is 2.27. The number of hydrogen-bond donors (Lipinski definition) is 0. The van der Waals surface area contributed by atoms with Gasteiger partial charge in [-0.25, -0.2) is 0 Å². The summed E-state index contributed by atoms with van der Waals surface area (Å²) < 4.78 is 4.89. The number of amides is 1. The van der Waals surface area contributed by atoms with E-state index >= 15 is 0 Å². The number of thioether (sulfide) groups is 1. The van der Waals surface area contributed by atoms with Crippen molar-refractivity contribution in [2.24, 2.45) is 0 Å². The van der Waals surface area contributed by atoms with E-state index < -0.39 is 0 Å². The van der Waals surface area contributed by atoms with Gasteiger partial charge in [0.25, 0.3) is 0 Å². The third-order valence-corrected chi connectivity index (χ3v) is 4.00. The molecule has 1 atom stereocenters. The number of esters is 1. The van der Waals surface area contributed by atoms with Gasteiger partial charge in [0.15, 0.2) is 0 Å². The van der Waals surface area contributed by atoms with Gasteiger partial charge in [-0.05, 0) is 31.9 Å². The average molecular weight is 259 g/mol. The molecule has 0 saturated carbocycles. The third-order valence-electron chi connectivity index (χ3n) is 2.64. The molecule has 4 nitrogen and oxygen atoms in total. The number of carbonyl (C=O) groups is 2. The summed E-state index contributed by atoms with van der Waals surface area (Å²) in [6, 6.07) is 0. The molecule has 17 heavy (non-hydrogen) atoms. The Morgan fingerprint density at radius 3 is 2.71 bits per heavy atom. The van der Waals surface area contributed by atoms with Crippen molar-refractivity contribution in [3.05, 3.63) is 0 Å². The predicted molar refractivity (Wildman–Crippen MR) is 69.0 cm³/mol. The first kappa shape index (κ1) is 14.4. The molecular formula is C12H21NO3S. The van der Waals surface area contributed by atoms with E-state index in [9.17, 15) is 9.59 Å². The summed E-state index contributed by atoms with van der Waals surface area (Å²) in [6.07, 6.45) is 2.90. The van der Waals surface area contributed by atoms with Crippen LogP contribution >= 0.6 is 11.8 Å². The van der Waals surface area contributed by atoms with Crippen LogP contribution in [0.15, 0.2) is 0 Å². The van der Waals surface area contributed by atoms with Crippen molar-refractivity contribution < 1.29 is 14.3 Å². The minimum Gasteiger partial charge on any atom is -0.465 e. The van der Waals surface area contributed by atoms with Crippen LogP contribution in [0, 0.1) is 0 Å². The summed E-state index contributed by atoms with van der Waals surface area (Å²) in [4.78, 5) is 25.2. The second-order valence-corrected chi connectivity index (χ2v) is 5.38. The Morgan fingerprint density at radius 2 is 2.18 bits per heavy atom. The molecule has 1 aliphatic heterocycles. The molecule has 98 valence electrons. The second-order valence-electron chi connectivity index (χ2n) is 4.07. The van der Waals surface area contributed by atoms with Crippen LogP contribution in [-0.4, -0.2) is 47.5 Å². The van der Waals surface area contributed by atoms with Crippen molar-refractivity contribution in [1.29, 1.82) is 0 Å². The molecule has 1 saturated heterocycles. The number of nitrogens with zero attached hydrogens (tertiary/aromatic N) is 1. The number of ether oxygens (including phenoxy) is 1. The fourth-order valence-corrected chi connectivity index (χ4v) is 3.12. The maximum atomic E-state index is 12.2. The lowest BCUT2D eigenvalue weighted by Crippen LogP contribution is -2.41. The van der Waals surface area contributed by atoms with E-state index in [4.69, 9.17) is 4.74 Å². The smallest absolute Gasteiger partial charge is 0.325 e. The topological polar surface area (TPSA) is 46.6 Å². The fraction of sp³-hybridized carbons (Fsp3) is 0.833. The van der Waals surface area contributed by atoms with Crippen molar-refractivity contribution in [1.82, 2.24) is 4.90 Å². The maximum absolute atomic E-state index is 12.2. The first-order valence-electron chi connectivity index (χ1n) is 6.25. The van der Waals surface area contributed by atoms with E-state index in [0.717, 1.165) is 25.0 Å². The van der Waals surface area contributed by atoms with Gasteiger partial charge in [-0.1, -0.05) is 6.92 Å². The second kappa shape index (κ2) is 7.58. The molecule has 1 rings (SSSR count). The van der Waals surface area contributed by atoms with Gasteiger partial charge in [0.05, 0.1) is 11.9 Å². The summed E-state index contributed by atoms with van der Waals surface area (Å²) in [6.45, 7) is 4.88. The minimum atomic E-state index is -0.308. The molecule has 1 fully saturated rings. The average Bonchev–Trinajstić information content (AvgIpc) is 2.81. The summed E-state index contributed by atoms with van der Waals surface area (Å²) in [5.41, 5.74) is 0. The largest absolute Gasteiger partial charge is 0.465 e. The fourth-order valence-electron chi connectivity index (χ4n) is 1.88. The third kappa shape index (κ3) is 4.58. The number of hydrogen-bond acceptors (Lipinski definition) is 4. The van der Waals surface area contributed by atoms with Gasteiger partial charge >= 0.3 is 5.97 Å². The molecule has 1 unspecified atom stereocenters. The van der Waals surface area contributed by atoms with Gasteiger partial charge in [0, 0.05) is 6.54 Å².